The van der Waals surface area contributed by atoms with Crippen LogP contribution in [0.2, 0.25) is 0 Å². The maximum absolute atomic E-state index is 11.5. The number of hydrogen-bond donors (Lipinski definition) is 2. The average molecular weight is 230 g/mol. The zero-order valence-corrected chi connectivity index (χ0v) is 8.88. The Labute approximate surface area is 92.2 Å². The molecule has 0 aromatic carbocycles. The van der Waals surface area contributed by atoms with Gasteiger partial charge in [-0.25, -0.2) is 4.79 Å². The summed E-state index contributed by atoms with van der Waals surface area (Å²) in [7, 11) is 0. The van der Waals surface area contributed by atoms with Crippen molar-refractivity contribution in [1.82, 2.24) is 0 Å². The molecule has 2 heterocycles. The number of hydrogen-bond acceptors (Lipinski definition) is 6. The molecule has 2 rings (SSSR count). The maximum Gasteiger partial charge on any atom is 0.378 e. The molecule has 0 aliphatic carbocycles. The SMILES string of the molecule is CC1CCOC2C(=O)C(=O)O[C@@]12[C@@H](O)CO. The van der Waals surface area contributed by atoms with Gasteiger partial charge < -0.3 is 19.7 Å². The Kier molecular flexibility index (Phi) is 2.73. The quantitative estimate of drug-likeness (QED) is 0.449. The first-order valence-electron chi connectivity index (χ1n) is 5.21. The van der Waals surface area contributed by atoms with E-state index in [2.05, 4.69) is 0 Å². The van der Waals surface area contributed by atoms with Gasteiger partial charge in [-0.3, -0.25) is 4.79 Å². The number of fused-ring (bicyclic) bond motifs is 1. The molecule has 0 aromatic rings. The van der Waals surface area contributed by atoms with Gasteiger partial charge in [0.25, 0.3) is 5.78 Å². The number of carbonyl (C=O) groups excluding carboxylic acids is 2. The Morgan fingerprint density at radius 1 is 1.56 bits per heavy atom. The smallest absolute Gasteiger partial charge is 0.378 e. The summed E-state index contributed by atoms with van der Waals surface area (Å²) in [6.45, 7) is 1.53. The van der Waals surface area contributed by atoms with Gasteiger partial charge in [0.2, 0.25) is 0 Å². The van der Waals surface area contributed by atoms with Crippen LogP contribution in [0.3, 0.4) is 0 Å². The molecule has 4 atom stereocenters. The van der Waals surface area contributed by atoms with Crippen LogP contribution in [0.1, 0.15) is 13.3 Å². The topological polar surface area (TPSA) is 93.1 Å². The molecule has 2 unspecified atom stereocenters. The van der Waals surface area contributed by atoms with Crippen LogP contribution in [0.25, 0.3) is 0 Å². The lowest BCUT2D eigenvalue weighted by atomic mass is 9.76. The Bertz CT molecular complexity index is 321. The normalized spacial score (nSPS) is 40.4. The van der Waals surface area contributed by atoms with Gasteiger partial charge in [0.05, 0.1) is 6.61 Å². The first-order chi connectivity index (χ1) is 7.54. The van der Waals surface area contributed by atoms with Gasteiger partial charge in [-0.15, -0.1) is 0 Å². The van der Waals surface area contributed by atoms with Gasteiger partial charge in [-0.05, 0) is 6.42 Å². The van der Waals surface area contributed by atoms with Crippen LogP contribution in [0.4, 0.5) is 0 Å². The van der Waals surface area contributed by atoms with Crippen molar-refractivity contribution in [2.45, 2.75) is 31.2 Å². The minimum Gasteiger partial charge on any atom is -0.447 e. The Hall–Kier alpha value is -0.980. The zero-order chi connectivity index (χ0) is 11.9. The molecule has 0 saturated carbocycles. The fourth-order valence-electron chi connectivity index (χ4n) is 2.44. The molecule has 2 aliphatic rings. The highest BCUT2D eigenvalue weighted by Gasteiger charge is 2.64. The van der Waals surface area contributed by atoms with Crippen molar-refractivity contribution in [3.63, 3.8) is 0 Å². The minimum absolute atomic E-state index is 0.233. The third-order valence-electron chi connectivity index (χ3n) is 3.42. The predicted octanol–water partition coefficient (Wildman–Crippen LogP) is -1.37. The highest BCUT2D eigenvalue weighted by molar-refractivity contribution is 6.37. The second-order valence-corrected chi connectivity index (χ2v) is 4.25. The van der Waals surface area contributed by atoms with E-state index in [1.54, 1.807) is 6.92 Å². The van der Waals surface area contributed by atoms with Crippen LogP contribution < -0.4 is 0 Å². The lowest BCUT2D eigenvalue weighted by molar-refractivity contribution is -0.211. The number of Topliss-reactive ketones (excluding diaryl/α,β-unsaturated/α-hetero) is 1. The second kappa shape index (κ2) is 3.80. The molecular weight excluding hydrogens is 216 g/mol. The van der Waals surface area contributed by atoms with Crippen LogP contribution in [0.5, 0.6) is 0 Å². The number of aliphatic hydroxyl groups is 2. The summed E-state index contributed by atoms with van der Waals surface area (Å²) in [5.74, 6) is -2.01. The molecule has 2 N–H and O–H groups in total. The molecule has 0 amide bonds. The van der Waals surface area contributed by atoms with E-state index in [1.165, 1.54) is 0 Å². The van der Waals surface area contributed by atoms with Gasteiger partial charge in [0.15, 0.2) is 11.7 Å². The molecule has 0 spiro atoms. The first-order valence-corrected chi connectivity index (χ1v) is 5.21. The number of esters is 1. The van der Waals surface area contributed by atoms with E-state index in [0.29, 0.717) is 13.0 Å². The molecule has 0 aromatic heterocycles. The van der Waals surface area contributed by atoms with Gasteiger partial charge in [-0.2, -0.15) is 0 Å². The summed E-state index contributed by atoms with van der Waals surface area (Å²) in [5.41, 5.74) is -1.42. The van der Waals surface area contributed by atoms with Crippen LogP contribution in [-0.4, -0.2) is 53.0 Å². The van der Waals surface area contributed by atoms with Crippen molar-refractivity contribution in [3.05, 3.63) is 0 Å². The van der Waals surface area contributed by atoms with Crippen LogP contribution >= 0.6 is 0 Å². The number of rotatable bonds is 2. The van der Waals surface area contributed by atoms with Crippen LogP contribution in [0, 0.1) is 5.92 Å². The van der Waals surface area contributed by atoms with Crippen LogP contribution in [0.15, 0.2) is 0 Å². The van der Waals surface area contributed by atoms with E-state index < -0.39 is 36.2 Å². The van der Waals surface area contributed by atoms with E-state index in [-0.39, 0.29) is 5.92 Å². The van der Waals surface area contributed by atoms with Gasteiger partial charge in [-0.1, -0.05) is 6.92 Å². The Morgan fingerprint density at radius 3 is 2.88 bits per heavy atom. The lowest BCUT2D eigenvalue weighted by Gasteiger charge is -2.43. The number of aliphatic hydroxyl groups excluding tert-OH is 2. The summed E-state index contributed by atoms with van der Waals surface area (Å²) in [5, 5.41) is 18.8. The fourth-order valence-corrected chi connectivity index (χ4v) is 2.44. The molecule has 6 heteroatoms. The van der Waals surface area contributed by atoms with Crippen molar-refractivity contribution in [3.8, 4) is 0 Å². The fraction of sp³-hybridized carbons (Fsp3) is 0.800. The standard InChI is InChI=1S/C10H14O6/c1-5-2-3-15-8-7(13)9(14)16-10(5,8)6(12)4-11/h5-6,8,11-12H,2-4H2,1H3/t5?,6-,8?,10+/m0/s1. The van der Waals surface area contributed by atoms with Gasteiger partial charge in [0, 0.05) is 12.5 Å². The molecule has 0 bridgehead atoms. The summed E-state index contributed by atoms with van der Waals surface area (Å²) in [6.07, 6.45) is -1.83. The summed E-state index contributed by atoms with van der Waals surface area (Å²) < 4.78 is 10.2. The highest BCUT2D eigenvalue weighted by Crippen LogP contribution is 2.42. The largest absolute Gasteiger partial charge is 0.447 e. The van der Waals surface area contributed by atoms with Crippen molar-refractivity contribution in [2.24, 2.45) is 5.92 Å². The molecule has 6 nitrogen and oxygen atoms in total. The average Bonchev–Trinajstić information content (AvgIpc) is 2.54. The highest BCUT2D eigenvalue weighted by atomic mass is 16.6. The van der Waals surface area contributed by atoms with E-state index in [9.17, 15) is 14.7 Å². The van der Waals surface area contributed by atoms with Crippen molar-refractivity contribution in [2.75, 3.05) is 13.2 Å². The molecule has 0 radical (unpaired) electrons. The van der Waals surface area contributed by atoms with Crippen molar-refractivity contribution >= 4 is 11.8 Å². The van der Waals surface area contributed by atoms with E-state index >= 15 is 0 Å². The molecule has 2 aliphatic heterocycles. The first kappa shape index (κ1) is 11.5. The monoisotopic (exact) mass is 230 g/mol. The minimum atomic E-state index is -1.42. The number of ether oxygens (including phenoxy) is 2. The van der Waals surface area contributed by atoms with Gasteiger partial charge >= 0.3 is 5.97 Å². The van der Waals surface area contributed by atoms with Crippen LogP contribution in [-0.2, 0) is 19.1 Å². The third kappa shape index (κ3) is 1.30. The van der Waals surface area contributed by atoms with E-state index in [1.807, 2.05) is 0 Å². The van der Waals surface area contributed by atoms with Crippen molar-refractivity contribution < 1.29 is 29.3 Å². The second-order valence-electron chi connectivity index (χ2n) is 4.25. The Balaban J connectivity index is 2.41. The molecule has 2 fully saturated rings. The van der Waals surface area contributed by atoms with E-state index in [0.717, 1.165) is 0 Å². The third-order valence-corrected chi connectivity index (χ3v) is 3.42. The summed E-state index contributed by atoms with van der Waals surface area (Å²) >= 11 is 0. The van der Waals surface area contributed by atoms with Gasteiger partial charge in [0.1, 0.15) is 6.10 Å². The summed E-state index contributed by atoms with van der Waals surface area (Å²) in [6, 6.07) is 0. The lowest BCUT2D eigenvalue weighted by Crippen LogP contribution is -2.60. The Morgan fingerprint density at radius 2 is 2.25 bits per heavy atom. The van der Waals surface area contributed by atoms with Crippen molar-refractivity contribution in [1.29, 1.82) is 0 Å². The molecular formula is C10H14O6. The predicted molar refractivity (Wildman–Crippen MR) is 50.4 cm³/mol. The summed E-state index contributed by atoms with van der Waals surface area (Å²) in [4.78, 5) is 22.8. The molecule has 2 saturated heterocycles. The zero-order valence-electron chi connectivity index (χ0n) is 8.88. The molecule has 16 heavy (non-hydrogen) atoms. The number of ketones is 1. The maximum atomic E-state index is 11.5. The van der Waals surface area contributed by atoms with E-state index in [4.69, 9.17) is 14.6 Å². The number of carbonyl (C=O) groups is 2. The molecule has 90 valence electrons.